The van der Waals surface area contributed by atoms with Gasteiger partial charge in [0.15, 0.2) is 0 Å². The number of thiazole rings is 1. The van der Waals surface area contributed by atoms with Crippen molar-refractivity contribution in [2.75, 3.05) is 0 Å². The highest BCUT2D eigenvalue weighted by Gasteiger charge is 2.17. The molecule has 21 heavy (non-hydrogen) atoms. The Hall–Kier alpha value is -1.71. The molecule has 0 spiro atoms. The molecule has 0 bridgehead atoms. The van der Waals surface area contributed by atoms with Gasteiger partial charge >= 0.3 is 0 Å². The normalized spacial score (nSPS) is 17.8. The first-order valence-corrected chi connectivity index (χ1v) is 8.35. The van der Waals surface area contributed by atoms with Crippen LogP contribution < -0.4 is 5.32 Å². The number of nitrogens with zero attached hydrogens (tertiary/aromatic N) is 1. The van der Waals surface area contributed by atoms with Crippen molar-refractivity contribution >= 4 is 21.6 Å². The molecule has 1 heterocycles. The molecule has 1 unspecified atom stereocenters. The molecule has 3 aromatic rings. The summed E-state index contributed by atoms with van der Waals surface area (Å²) in [6.07, 6.45) is 3.55. The van der Waals surface area contributed by atoms with Crippen molar-refractivity contribution in [1.29, 1.82) is 0 Å². The summed E-state index contributed by atoms with van der Waals surface area (Å²) in [5, 5.41) is 4.88. The van der Waals surface area contributed by atoms with Crippen LogP contribution in [0.2, 0.25) is 0 Å². The van der Waals surface area contributed by atoms with Gasteiger partial charge in [0.1, 0.15) is 5.01 Å². The van der Waals surface area contributed by atoms with Gasteiger partial charge in [0, 0.05) is 12.6 Å². The van der Waals surface area contributed by atoms with Gasteiger partial charge in [-0.05, 0) is 42.5 Å². The number of hydrogen-bond acceptors (Lipinski definition) is 3. The van der Waals surface area contributed by atoms with Crippen LogP contribution in [0.4, 0.5) is 0 Å². The van der Waals surface area contributed by atoms with Gasteiger partial charge in [-0.2, -0.15) is 0 Å². The molecule has 0 saturated carbocycles. The molecular formula is C18H18N2S. The molecule has 2 nitrogen and oxygen atoms in total. The first kappa shape index (κ1) is 13.0. The van der Waals surface area contributed by atoms with Crippen molar-refractivity contribution in [2.45, 2.75) is 31.8 Å². The van der Waals surface area contributed by atoms with E-state index in [0.717, 1.165) is 18.5 Å². The van der Waals surface area contributed by atoms with Gasteiger partial charge in [0.2, 0.25) is 0 Å². The van der Waals surface area contributed by atoms with E-state index < -0.39 is 0 Å². The van der Waals surface area contributed by atoms with Gasteiger partial charge in [-0.25, -0.2) is 4.98 Å². The molecule has 1 aliphatic rings. The fourth-order valence-electron chi connectivity index (χ4n) is 3.10. The fourth-order valence-corrected chi connectivity index (χ4v) is 4.02. The summed E-state index contributed by atoms with van der Waals surface area (Å²) in [5.74, 6) is 0. The highest BCUT2D eigenvalue weighted by Crippen LogP contribution is 2.23. The van der Waals surface area contributed by atoms with Crippen LogP contribution in [0.1, 0.15) is 22.6 Å². The molecule has 0 radical (unpaired) electrons. The van der Waals surface area contributed by atoms with E-state index in [9.17, 15) is 0 Å². The molecule has 106 valence electrons. The zero-order valence-corrected chi connectivity index (χ0v) is 12.7. The van der Waals surface area contributed by atoms with E-state index in [-0.39, 0.29) is 0 Å². The number of aromatic nitrogens is 1. The average Bonchev–Trinajstić information content (AvgIpc) is 2.95. The van der Waals surface area contributed by atoms with Crippen molar-refractivity contribution in [3.63, 3.8) is 0 Å². The molecule has 4 rings (SSSR count). The van der Waals surface area contributed by atoms with E-state index in [4.69, 9.17) is 4.98 Å². The van der Waals surface area contributed by atoms with Crippen molar-refractivity contribution in [3.05, 3.63) is 64.7 Å². The summed E-state index contributed by atoms with van der Waals surface area (Å²) in [6, 6.07) is 17.8. The zero-order valence-electron chi connectivity index (χ0n) is 11.9. The Morgan fingerprint density at radius 2 is 1.86 bits per heavy atom. The lowest BCUT2D eigenvalue weighted by atomic mass is 9.88. The number of benzene rings is 2. The first-order valence-electron chi connectivity index (χ1n) is 7.53. The van der Waals surface area contributed by atoms with Crippen LogP contribution >= 0.6 is 11.3 Å². The predicted molar refractivity (Wildman–Crippen MR) is 88.7 cm³/mol. The Kier molecular flexibility index (Phi) is 3.45. The van der Waals surface area contributed by atoms with E-state index in [1.54, 1.807) is 11.3 Å². The quantitative estimate of drug-likeness (QED) is 0.791. The molecule has 0 amide bonds. The lowest BCUT2D eigenvalue weighted by molar-refractivity contribution is 0.457. The molecule has 1 aliphatic carbocycles. The monoisotopic (exact) mass is 294 g/mol. The maximum Gasteiger partial charge on any atom is 0.108 e. The number of aryl methyl sites for hydroxylation is 1. The predicted octanol–water partition coefficient (Wildman–Crippen LogP) is 3.94. The van der Waals surface area contributed by atoms with Crippen LogP contribution in [-0.4, -0.2) is 11.0 Å². The first-order chi connectivity index (χ1) is 10.4. The number of hydrogen-bond donors (Lipinski definition) is 1. The van der Waals surface area contributed by atoms with Crippen LogP contribution in [0, 0.1) is 0 Å². The minimum Gasteiger partial charge on any atom is -0.307 e. The number of para-hydroxylation sites is 1. The minimum atomic E-state index is 0.576. The van der Waals surface area contributed by atoms with Gasteiger partial charge in [0.25, 0.3) is 0 Å². The summed E-state index contributed by atoms with van der Waals surface area (Å²) >= 11 is 1.80. The SMILES string of the molecule is c1ccc2c(c1)CCC(NCc1nc3ccccc3s1)C2. The second-order valence-electron chi connectivity index (χ2n) is 5.66. The Morgan fingerprint density at radius 3 is 2.76 bits per heavy atom. The van der Waals surface area contributed by atoms with Gasteiger partial charge in [0.05, 0.1) is 10.2 Å². The molecule has 1 N–H and O–H groups in total. The molecule has 3 heteroatoms. The highest BCUT2D eigenvalue weighted by atomic mass is 32.1. The third-order valence-electron chi connectivity index (χ3n) is 4.23. The summed E-state index contributed by atoms with van der Waals surface area (Å²) in [6.45, 7) is 0.881. The van der Waals surface area contributed by atoms with Crippen molar-refractivity contribution in [1.82, 2.24) is 10.3 Å². The van der Waals surface area contributed by atoms with E-state index >= 15 is 0 Å². The van der Waals surface area contributed by atoms with Crippen LogP contribution in [0.5, 0.6) is 0 Å². The van der Waals surface area contributed by atoms with E-state index in [2.05, 4.69) is 53.8 Å². The third-order valence-corrected chi connectivity index (χ3v) is 5.26. The second kappa shape index (κ2) is 5.58. The Labute approximate surface area is 128 Å². The summed E-state index contributed by atoms with van der Waals surface area (Å²) < 4.78 is 1.28. The van der Waals surface area contributed by atoms with Gasteiger partial charge in [-0.3, -0.25) is 0 Å². The lowest BCUT2D eigenvalue weighted by Crippen LogP contribution is -2.34. The van der Waals surface area contributed by atoms with Crippen LogP contribution in [0.3, 0.4) is 0 Å². The van der Waals surface area contributed by atoms with Crippen LogP contribution in [-0.2, 0) is 19.4 Å². The van der Waals surface area contributed by atoms with Crippen LogP contribution in [0.25, 0.3) is 10.2 Å². The average molecular weight is 294 g/mol. The maximum atomic E-state index is 4.70. The largest absolute Gasteiger partial charge is 0.307 e. The van der Waals surface area contributed by atoms with Crippen molar-refractivity contribution in [3.8, 4) is 0 Å². The van der Waals surface area contributed by atoms with E-state index in [1.165, 1.54) is 33.7 Å². The molecule has 0 saturated heterocycles. The molecule has 1 aromatic heterocycles. The van der Waals surface area contributed by atoms with E-state index in [0.29, 0.717) is 6.04 Å². The Bertz CT molecular complexity index is 730. The Balaban J connectivity index is 1.43. The Morgan fingerprint density at radius 1 is 1.05 bits per heavy atom. The number of nitrogens with one attached hydrogen (secondary N) is 1. The summed E-state index contributed by atoms with van der Waals surface area (Å²) in [7, 11) is 0. The fraction of sp³-hybridized carbons (Fsp3) is 0.278. The van der Waals surface area contributed by atoms with E-state index in [1.807, 2.05) is 0 Å². The van der Waals surface area contributed by atoms with Gasteiger partial charge in [-0.15, -0.1) is 11.3 Å². The molecular weight excluding hydrogens is 276 g/mol. The minimum absolute atomic E-state index is 0.576. The van der Waals surface area contributed by atoms with Gasteiger partial charge in [-0.1, -0.05) is 36.4 Å². The summed E-state index contributed by atoms with van der Waals surface area (Å²) in [5.41, 5.74) is 4.15. The number of fused-ring (bicyclic) bond motifs is 2. The van der Waals surface area contributed by atoms with Crippen molar-refractivity contribution in [2.24, 2.45) is 0 Å². The molecule has 0 fully saturated rings. The smallest absolute Gasteiger partial charge is 0.108 e. The maximum absolute atomic E-state index is 4.70. The number of rotatable bonds is 3. The lowest BCUT2D eigenvalue weighted by Gasteiger charge is -2.25. The summed E-state index contributed by atoms with van der Waals surface area (Å²) in [4.78, 5) is 4.70. The van der Waals surface area contributed by atoms with Gasteiger partial charge < -0.3 is 5.32 Å². The highest BCUT2D eigenvalue weighted by molar-refractivity contribution is 7.18. The standard InChI is InChI=1S/C18H18N2S/c1-2-6-14-11-15(10-9-13(14)5-1)19-12-18-20-16-7-3-4-8-17(16)21-18/h1-8,15,19H,9-12H2. The molecule has 2 aromatic carbocycles. The third kappa shape index (κ3) is 2.71. The molecule has 1 atom stereocenters. The topological polar surface area (TPSA) is 24.9 Å². The van der Waals surface area contributed by atoms with Crippen LogP contribution in [0.15, 0.2) is 48.5 Å². The second-order valence-corrected chi connectivity index (χ2v) is 6.78. The molecule has 0 aliphatic heterocycles. The zero-order chi connectivity index (χ0) is 14.1. The van der Waals surface area contributed by atoms with Crippen molar-refractivity contribution < 1.29 is 0 Å².